The van der Waals surface area contributed by atoms with Gasteiger partial charge in [0.05, 0.1) is 16.8 Å². The fourth-order valence-corrected chi connectivity index (χ4v) is 3.25. The van der Waals surface area contributed by atoms with Gasteiger partial charge in [0.1, 0.15) is 5.92 Å². The first-order valence-electron chi connectivity index (χ1n) is 8.34. The van der Waals surface area contributed by atoms with Gasteiger partial charge in [-0.2, -0.15) is 26.3 Å². The Morgan fingerprint density at radius 3 is 2.10 bits per heavy atom. The van der Waals surface area contributed by atoms with Gasteiger partial charge in [0.15, 0.2) is 5.78 Å². The Kier molecular flexibility index (Phi) is 5.09. The molecule has 3 rings (SSSR count). The molecular formula is C19H12F6N2O3. The number of primary amides is 1. The molecule has 0 bridgehead atoms. The Morgan fingerprint density at radius 1 is 0.933 bits per heavy atom. The Morgan fingerprint density at radius 2 is 1.53 bits per heavy atom. The first-order chi connectivity index (χ1) is 13.8. The normalized spacial score (nSPS) is 16.5. The van der Waals surface area contributed by atoms with Gasteiger partial charge in [-0.3, -0.25) is 9.59 Å². The summed E-state index contributed by atoms with van der Waals surface area (Å²) in [5, 5.41) is 0. The molecule has 5 nitrogen and oxygen atoms in total. The summed E-state index contributed by atoms with van der Waals surface area (Å²) >= 11 is 0. The third-order valence-corrected chi connectivity index (χ3v) is 4.55. The van der Waals surface area contributed by atoms with E-state index in [0.717, 1.165) is 18.2 Å². The second-order valence-corrected chi connectivity index (χ2v) is 6.56. The van der Waals surface area contributed by atoms with E-state index < -0.39 is 53.5 Å². The van der Waals surface area contributed by atoms with Crippen molar-refractivity contribution in [2.24, 2.45) is 5.73 Å². The lowest BCUT2D eigenvalue weighted by Gasteiger charge is -2.13. The fraction of sp³-hybridized carbons (Fsp3) is 0.211. The second-order valence-electron chi connectivity index (χ2n) is 6.56. The number of urea groups is 1. The minimum atomic E-state index is -4.78. The number of Topliss-reactive ketones (excluding diaryl/α,β-unsaturated/α-hetero) is 1. The average Bonchev–Trinajstić information content (AvgIpc) is 2.91. The number of anilines is 1. The van der Waals surface area contributed by atoms with Gasteiger partial charge in [-0.05, 0) is 35.4 Å². The Bertz CT molecular complexity index is 1050. The number of nitrogens with zero attached hydrogens (tertiary/aromatic N) is 1. The van der Waals surface area contributed by atoms with E-state index in [4.69, 9.17) is 5.73 Å². The first kappa shape index (κ1) is 21.3. The molecule has 0 aromatic heterocycles. The zero-order valence-electron chi connectivity index (χ0n) is 14.8. The molecule has 30 heavy (non-hydrogen) atoms. The maximum atomic E-state index is 13.1. The summed E-state index contributed by atoms with van der Waals surface area (Å²) in [7, 11) is 0. The molecule has 1 aliphatic heterocycles. The molecular weight excluding hydrogens is 418 g/mol. The third-order valence-electron chi connectivity index (χ3n) is 4.55. The van der Waals surface area contributed by atoms with Crippen LogP contribution in [0.2, 0.25) is 0 Å². The van der Waals surface area contributed by atoms with E-state index in [1.54, 1.807) is 0 Å². The maximum Gasteiger partial charge on any atom is 0.416 e. The molecule has 0 fully saturated rings. The predicted molar refractivity (Wildman–Crippen MR) is 91.4 cm³/mol. The topological polar surface area (TPSA) is 80.5 Å². The van der Waals surface area contributed by atoms with Gasteiger partial charge in [0.25, 0.3) is 0 Å². The summed E-state index contributed by atoms with van der Waals surface area (Å²) in [6.45, 7) is 0. The van der Waals surface area contributed by atoms with Gasteiger partial charge >= 0.3 is 18.4 Å². The second kappa shape index (κ2) is 7.15. The number of carbonyl (C=O) groups excluding carboxylic acids is 3. The Balaban J connectivity index is 2.01. The monoisotopic (exact) mass is 430 g/mol. The number of carbonyl (C=O) groups is 3. The highest BCUT2D eigenvalue weighted by molar-refractivity contribution is 6.27. The number of fused-ring (bicyclic) bond motifs is 1. The zero-order chi connectivity index (χ0) is 22.4. The van der Waals surface area contributed by atoms with Crippen LogP contribution in [0.15, 0.2) is 42.5 Å². The van der Waals surface area contributed by atoms with Crippen LogP contribution in [0.5, 0.6) is 0 Å². The number of ketones is 1. The van der Waals surface area contributed by atoms with Crippen molar-refractivity contribution in [2.75, 3.05) is 4.90 Å². The number of nitrogens with two attached hydrogens (primary N) is 1. The van der Waals surface area contributed by atoms with E-state index >= 15 is 0 Å². The van der Waals surface area contributed by atoms with Gasteiger partial charge in [0, 0.05) is 6.42 Å². The lowest BCUT2D eigenvalue weighted by atomic mass is 9.91. The van der Waals surface area contributed by atoms with Gasteiger partial charge < -0.3 is 5.73 Å². The van der Waals surface area contributed by atoms with Crippen molar-refractivity contribution in [1.29, 1.82) is 0 Å². The molecule has 0 aliphatic carbocycles. The Labute approximate surface area is 165 Å². The van der Waals surface area contributed by atoms with Crippen molar-refractivity contribution in [2.45, 2.75) is 24.7 Å². The summed E-state index contributed by atoms with van der Waals surface area (Å²) < 4.78 is 77.8. The smallest absolute Gasteiger partial charge is 0.351 e. The van der Waals surface area contributed by atoms with Crippen LogP contribution in [-0.4, -0.2) is 17.7 Å². The van der Waals surface area contributed by atoms with Gasteiger partial charge in [-0.25, -0.2) is 9.69 Å². The number of alkyl halides is 6. The molecule has 1 heterocycles. The van der Waals surface area contributed by atoms with E-state index in [1.807, 2.05) is 0 Å². The first-order valence-corrected chi connectivity index (χ1v) is 8.34. The summed E-state index contributed by atoms with van der Waals surface area (Å²) in [5.41, 5.74) is 2.19. The lowest BCUT2D eigenvalue weighted by Crippen LogP contribution is -2.40. The maximum absolute atomic E-state index is 13.1. The molecule has 0 radical (unpaired) electrons. The van der Waals surface area contributed by atoms with Crippen LogP contribution < -0.4 is 10.6 Å². The summed E-state index contributed by atoms with van der Waals surface area (Å²) in [6.07, 6.45) is -10.1. The number of benzene rings is 2. The van der Waals surface area contributed by atoms with Crippen LogP contribution >= 0.6 is 0 Å². The van der Waals surface area contributed by atoms with Crippen LogP contribution in [0.25, 0.3) is 0 Å². The molecule has 1 unspecified atom stereocenters. The molecule has 1 aliphatic rings. The van der Waals surface area contributed by atoms with Gasteiger partial charge in [-0.1, -0.05) is 18.2 Å². The minimum absolute atomic E-state index is 0.0892. The SMILES string of the molecule is NC(=O)N1C(=O)C(C(=O)Cc2cccc(C(F)(F)F)c2)c2cc(C(F)(F)F)ccc21. The van der Waals surface area contributed by atoms with Crippen LogP contribution in [0.3, 0.4) is 0 Å². The molecule has 0 spiro atoms. The quantitative estimate of drug-likeness (QED) is 0.590. The number of hydrogen-bond acceptors (Lipinski definition) is 3. The minimum Gasteiger partial charge on any atom is -0.351 e. The summed E-state index contributed by atoms with van der Waals surface area (Å²) in [4.78, 5) is 37.3. The lowest BCUT2D eigenvalue weighted by molar-refractivity contribution is -0.138. The zero-order valence-corrected chi connectivity index (χ0v) is 14.8. The predicted octanol–water partition coefficient (Wildman–Crippen LogP) is 4.04. The molecule has 0 saturated carbocycles. The van der Waals surface area contributed by atoms with Gasteiger partial charge in [-0.15, -0.1) is 0 Å². The highest BCUT2D eigenvalue weighted by Gasteiger charge is 2.45. The van der Waals surface area contributed by atoms with Crippen molar-refractivity contribution in [1.82, 2.24) is 0 Å². The van der Waals surface area contributed by atoms with Crippen LogP contribution in [0, 0.1) is 0 Å². The fourth-order valence-electron chi connectivity index (χ4n) is 3.25. The molecule has 2 N–H and O–H groups in total. The van der Waals surface area contributed by atoms with Crippen LogP contribution in [0.4, 0.5) is 36.8 Å². The van der Waals surface area contributed by atoms with Crippen molar-refractivity contribution in [3.8, 4) is 0 Å². The Hall–Kier alpha value is -3.37. The third kappa shape index (κ3) is 3.87. The van der Waals surface area contributed by atoms with Crippen molar-refractivity contribution >= 4 is 23.4 Å². The van der Waals surface area contributed by atoms with E-state index in [-0.39, 0.29) is 16.8 Å². The van der Waals surface area contributed by atoms with E-state index in [9.17, 15) is 40.7 Å². The number of rotatable bonds is 3. The van der Waals surface area contributed by atoms with Gasteiger partial charge in [0.2, 0.25) is 5.91 Å². The molecule has 11 heteroatoms. The largest absolute Gasteiger partial charge is 0.416 e. The summed E-state index contributed by atoms with van der Waals surface area (Å²) in [5.74, 6) is -3.93. The number of imide groups is 1. The van der Waals surface area contributed by atoms with E-state index in [0.29, 0.717) is 23.1 Å². The number of amides is 3. The van der Waals surface area contributed by atoms with E-state index in [1.165, 1.54) is 6.07 Å². The number of hydrogen-bond donors (Lipinski definition) is 1. The highest BCUT2D eigenvalue weighted by Crippen LogP contribution is 2.42. The van der Waals surface area contributed by atoms with E-state index in [2.05, 4.69) is 0 Å². The molecule has 2 aromatic rings. The highest BCUT2D eigenvalue weighted by atomic mass is 19.4. The van der Waals surface area contributed by atoms with Crippen molar-refractivity contribution in [3.05, 3.63) is 64.7 Å². The molecule has 3 amide bonds. The summed E-state index contributed by atoms with van der Waals surface area (Å²) in [6, 6.07) is 4.50. The molecule has 0 saturated heterocycles. The van der Waals surface area contributed by atoms with Crippen molar-refractivity contribution in [3.63, 3.8) is 0 Å². The molecule has 1 atom stereocenters. The van der Waals surface area contributed by atoms with Crippen LogP contribution in [-0.2, 0) is 28.4 Å². The standard InChI is InChI=1S/C19H12F6N2O3/c20-18(21,22)10-3-1-2-9(6-10)7-14(28)15-12-8-11(19(23,24)25)4-5-13(12)27(16(15)29)17(26)30/h1-6,8,15H,7H2,(H2,26,30). The average molecular weight is 430 g/mol. The van der Waals surface area contributed by atoms with Crippen molar-refractivity contribution < 1.29 is 40.7 Å². The number of halogens is 6. The molecule has 2 aromatic carbocycles. The molecule has 158 valence electrons. The van der Waals surface area contributed by atoms with Crippen LogP contribution in [0.1, 0.15) is 28.2 Å².